The minimum Gasteiger partial charge on any atom is -0.370 e. The second-order valence-electron chi connectivity index (χ2n) is 5.49. The van der Waals surface area contributed by atoms with Crippen LogP contribution >= 0.6 is 0 Å². The van der Waals surface area contributed by atoms with E-state index in [2.05, 4.69) is 36.1 Å². The number of rotatable bonds is 7. The molecule has 0 bridgehead atoms. The number of pyridine rings is 1. The van der Waals surface area contributed by atoms with E-state index in [4.69, 9.17) is 0 Å². The van der Waals surface area contributed by atoms with Crippen LogP contribution in [0, 0.1) is 0 Å². The maximum atomic E-state index is 11.7. The Bertz CT molecular complexity index is 414. The van der Waals surface area contributed by atoms with Gasteiger partial charge in [-0.3, -0.25) is 4.79 Å². The third kappa shape index (κ3) is 5.17. The highest BCUT2D eigenvalue weighted by Crippen LogP contribution is 2.07. The van der Waals surface area contributed by atoms with Crippen LogP contribution in [0.2, 0.25) is 0 Å². The van der Waals surface area contributed by atoms with Crippen molar-refractivity contribution in [1.29, 1.82) is 0 Å². The number of hydrogen-bond acceptors (Lipinski definition) is 4. The summed E-state index contributed by atoms with van der Waals surface area (Å²) in [5, 5.41) is 3.27. The molecule has 0 atom stereocenters. The standard InChI is InChI=1S/C15H26N4O/c1-12(2)19(5)10-6-9-16-14-8-7-13(11-17-14)15(20)18(3)4/h7-8,11-12H,6,9-10H2,1-5H3,(H,16,17). The molecule has 0 aliphatic carbocycles. The van der Waals surface area contributed by atoms with Gasteiger partial charge in [0.15, 0.2) is 0 Å². The number of anilines is 1. The molecule has 0 fully saturated rings. The highest BCUT2D eigenvalue weighted by molar-refractivity contribution is 5.93. The molecule has 0 aromatic carbocycles. The quantitative estimate of drug-likeness (QED) is 0.774. The van der Waals surface area contributed by atoms with E-state index in [0.717, 1.165) is 25.3 Å². The monoisotopic (exact) mass is 278 g/mol. The fourth-order valence-electron chi connectivity index (χ4n) is 1.69. The first-order valence-electron chi connectivity index (χ1n) is 7.03. The Hall–Kier alpha value is -1.62. The van der Waals surface area contributed by atoms with Crippen LogP contribution < -0.4 is 5.32 Å². The molecule has 1 aromatic heterocycles. The highest BCUT2D eigenvalue weighted by Gasteiger charge is 2.08. The van der Waals surface area contributed by atoms with Crippen LogP contribution in [-0.2, 0) is 0 Å². The zero-order valence-corrected chi connectivity index (χ0v) is 13.2. The lowest BCUT2D eigenvalue weighted by atomic mass is 10.2. The number of nitrogens with one attached hydrogen (secondary N) is 1. The van der Waals surface area contributed by atoms with Crippen molar-refractivity contribution in [3.63, 3.8) is 0 Å². The summed E-state index contributed by atoms with van der Waals surface area (Å²) in [5.41, 5.74) is 0.611. The molecule has 0 saturated carbocycles. The second-order valence-corrected chi connectivity index (χ2v) is 5.49. The van der Waals surface area contributed by atoms with Gasteiger partial charge in [-0.1, -0.05) is 0 Å². The minimum absolute atomic E-state index is 0.0254. The first-order chi connectivity index (χ1) is 9.41. The number of amides is 1. The Morgan fingerprint density at radius 3 is 2.50 bits per heavy atom. The summed E-state index contributed by atoms with van der Waals surface area (Å²) < 4.78 is 0. The fourth-order valence-corrected chi connectivity index (χ4v) is 1.69. The number of nitrogens with zero attached hydrogens (tertiary/aromatic N) is 3. The van der Waals surface area contributed by atoms with Gasteiger partial charge in [-0.25, -0.2) is 4.98 Å². The predicted octanol–water partition coefficient (Wildman–Crippen LogP) is 1.93. The van der Waals surface area contributed by atoms with Crippen molar-refractivity contribution in [3.8, 4) is 0 Å². The molecule has 0 aliphatic rings. The van der Waals surface area contributed by atoms with Gasteiger partial charge < -0.3 is 15.1 Å². The molecule has 0 saturated heterocycles. The van der Waals surface area contributed by atoms with Crippen molar-refractivity contribution in [2.45, 2.75) is 26.3 Å². The van der Waals surface area contributed by atoms with Crippen molar-refractivity contribution in [2.75, 3.05) is 39.5 Å². The van der Waals surface area contributed by atoms with Crippen molar-refractivity contribution in [2.24, 2.45) is 0 Å². The van der Waals surface area contributed by atoms with Crippen LogP contribution in [0.5, 0.6) is 0 Å². The van der Waals surface area contributed by atoms with Crippen LogP contribution in [0.1, 0.15) is 30.6 Å². The van der Waals surface area contributed by atoms with E-state index < -0.39 is 0 Å². The smallest absolute Gasteiger partial charge is 0.254 e. The zero-order chi connectivity index (χ0) is 15.1. The van der Waals surface area contributed by atoms with Gasteiger partial charge in [-0.15, -0.1) is 0 Å². The predicted molar refractivity (Wildman–Crippen MR) is 83.1 cm³/mol. The molecule has 1 aromatic rings. The van der Waals surface area contributed by atoms with Crippen molar-refractivity contribution in [1.82, 2.24) is 14.8 Å². The van der Waals surface area contributed by atoms with E-state index in [9.17, 15) is 4.79 Å². The molecule has 5 heteroatoms. The first-order valence-corrected chi connectivity index (χ1v) is 7.03. The maximum Gasteiger partial charge on any atom is 0.254 e. The summed E-state index contributed by atoms with van der Waals surface area (Å²) in [6.45, 7) is 6.32. The van der Waals surface area contributed by atoms with Crippen LogP contribution in [0.25, 0.3) is 0 Å². The Kier molecular flexibility index (Phi) is 6.45. The fraction of sp³-hybridized carbons (Fsp3) is 0.600. The van der Waals surface area contributed by atoms with E-state index in [0.29, 0.717) is 11.6 Å². The summed E-state index contributed by atoms with van der Waals surface area (Å²) in [4.78, 5) is 19.8. The van der Waals surface area contributed by atoms with Crippen molar-refractivity contribution < 1.29 is 4.79 Å². The van der Waals surface area contributed by atoms with E-state index in [1.165, 1.54) is 0 Å². The Morgan fingerprint density at radius 2 is 2.00 bits per heavy atom. The van der Waals surface area contributed by atoms with E-state index in [-0.39, 0.29) is 5.91 Å². The lowest BCUT2D eigenvalue weighted by Gasteiger charge is -2.20. The topological polar surface area (TPSA) is 48.5 Å². The average Bonchev–Trinajstić information content (AvgIpc) is 2.43. The molecular formula is C15H26N4O. The molecule has 0 spiro atoms. The molecule has 0 aliphatic heterocycles. The Labute approximate surface area is 122 Å². The molecule has 1 N–H and O–H groups in total. The number of hydrogen-bond donors (Lipinski definition) is 1. The summed E-state index contributed by atoms with van der Waals surface area (Å²) in [7, 11) is 5.60. The maximum absolute atomic E-state index is 11.7. The van der Waals surface area contributed by atoms with Gasteiger partial charge in [0.2, 0.25) is 0 Å². The van der Waals surface area contributed by atoms with Gasteiger partial charge in [-0.05, 0) is 46.0 Å². The third-order valence-corrected chi connectivity index (χ3v) is 3.29. The van der Waals surface area contributed by atoms with Gasteiger partial charge in [0.05, 0.1) is 5.56 Å². The summed E-state index contributed by atoms with van der Waals surface area (Å²) >= 11 is 0. The van der Waals surface area contributed by atoms with Gasteiger partial charge in [0.1, 0.15) is 5.82 Å². The Morgan fingerprint density at radius 1 is 1.30 bits per heavy atom. The summed E-state index contributed by atoms with van der Waals surface area (Å²) in [6, 6.07) is 4.23. The first kappa shape index (κ1) is 16.4. The van der Waals surface area contributed by atoms with E-state index in [1.54, 1.807) is 31.3 Å². The van der Waals surface area contributed by atoms with Crippen LogP contribution in [0.3, 0.4) is 0 Å². The zero-order valence-electron chi connectivity index (χ0n) is 13.2. The number of aromatic nitrogens is 1. The van der Waals surface area contributed by atoms with Crippen molar-refractivity contribution in [3.05, 3.63) is 23.9 Å². The van der Waals surface area contributed by atoms with Crippen LogP contribution in [0.4, 0.5) is 5.82 Å². The van der Waals surface area contributed by atoms with Gasteiger partial charge in [-0.2, -0.15) is 0 Å². The van der Waals surface area contributed by atoms with Gasteiger partial charge >= 0.3 is 0 Å². The third-order valence-electron chi connectivity index (χ3n) is 3.29. The SMILES string of the molecule is CC(C)N(C)CCCNc1ccc(C(=O)N(C)C)cn1. The largest absolute Gasteiger partial charge is 0.370 e. The lowest BCUT2D eigenvalue weighted by molar-refractivity contribution is 0.0827. The van der Waals surface area contributed by atoms with E-state index >= 15 is 0 Å². The molecular weight excluding hydrogens is 252 g/mol. The van der Waals surface area contributed by atoms with Gasteiger partial charge in [0, 0.05) is 32.9 Å². The Balaban J connectivity index is 2.37. The van der Waals surface area contributed by atoms with Crippen molar-refractivity contribution >= 4 is 11.7 Å². The molecule has 1 rings (SSSR count). The van der Waals surface area contributed by atoms with Crippen LogP contribution in [0.15, 0.2) is 18.3 Å². The molecule has 0 radical (unpaired) electrons. The second kappa shape index (κ2) is 7.85. The minimum atomic E-state index is -0.0254. The normalized spacial score (nSPS) is 10.9. The molecule has 1 amide bonds. The average molecular weight is 278 g/mol. The number of carbonyl (C=O) groups excluding carboxylic acids is 1. The van der Waals surface area contributed by atoms with Crippen LogP contribution in [-0.4, -0.2) is 61.0 Å². The molecule has 5 nitrogen and oxygen atoms in total. The summed E-state index contributed by atoms with van der Waals surface area (Å²) in [5.74, 6) is 0.787. The molecule has 20 heavy (non-hydrogen) atoms. The number of carbonyl (C=O) groups is 1. The molecule has 1 heterocycles. The summed E-state index contributed by atoms with van der Waals surface area (Å²) in [6.07, 6.45) is 2.68. The van der Waals surface area contributed by atoms with Gasteiger partial charge in [0.25, 0.3) is 5.91 Å². The molecule has 0 unspecified atom stereocenters. The lowest BCUT2D eigenvalue weighted by Crippen LogP contribution is -2.28. The highest BCUT2D eigenvalue weighted by atomic mass is 16.2. The van der Waals surface area contributed by atoms with E-state index in [1.807, 2.05) is 6.07 Å². The molecule has 112 valence electrons.